The molecular formula is C16H22ClNO2. The third-order valence-corrected chi connectivity index (χ3v) is 4.88. The minimum atomic E-state index is -0.637. The van der Waals surface area contributed by atoms with E-state index in [2.05, 4.69) is 17.9 Å². The average molecular weight is 296 g/mol. The second kappa shape index (κ2) is 6.15. The van der Waals surface area contributed by atoms with Crippen LogP contribution < -0.4 is 0 Å². The van der Waals surface area contributed by atoms with Gasteiger partial charge in [0.25, 0.3) is 0 Å². The zero-order chi connectivity index (χ0) is 14.8. The van der Waals surface area contributed by atoms with Crippen LogP contribution in [0.15, 0.2) is 18.2 Å². The fraction of sp³-hybridized carbons (Fsp3) is 0.562. The topological polar surface area (TPSA) is 40.5 Å². The lowest BCUT2D eigenvalue weighted by atomic mass is 9.76. The molecule has 1 aliphatic heterocycles. The molecule has 0 atom stereocenters. The average Bonchev–Trinajstić information content (AvgIpc) is 2.42. The molecule has 1 N–H and O–H groups in total. The van der Waals surface area contributed by atoms with Crippen LogP contribution in [0.4, 0.5) is 0 Å². The molecule has 4 heteroatoms. The number of carbonyl (C=O) groups is 1. The highest BCUT2D eigenvalue weighted by molar-refractivity contribution is 6.30. The van der Waals surface area contributed by atoms with Gasteiger partial charge in [0.2, 0.25) is 0 Å². The predicted octanol–water partition coefficient (Wildman–Crippen LogP) is 3.73. The van der Waals surface area contributed by atoms with E-state index in [1.54, 1.807) is 0 Å². The van der Waals surface area contributed by atoms with E-state index in [0.717, 1.165) is 43.9 Å². The third-order valence-electron chi connectivity index (χ3n) is 4.64. The number of aryl methyl sites for hydroxylation is 1. The standard InChI is InChI=1S/C16H22ClNO2/c1-3-16(15(19)20)6-8-18(9-7-16)11-13-4-5-14(17)10-12(13)2/h4-5,10H,3,6-9,11H2,1-2H3,(H,19,20). The number of rotatable bonds is 4. The van der Waals surface area contributed by atoms with Crippen LogP contribution in [0.25, 0.3) is 0 Å². The molecule has 110 valence electrons. The number of aliphatic carboxylic acids is 1. The lowest BCUT2D eigenvalue weighted by Gasteiger charge is -2.38. The first-order valence-electron chi connectivity index (χ1n) is 7.17. The van der Waals surface area contributed by atoms with Crippen molar-refractivity contribution < 1.29 is 9.90 Å². The molecule has 1 heterocycles. The Morgan fingerprint density at radius 3 is 2.55 bits per heavy atom. The molecule has 0 spiro atoms. The van der Waals surface area contributed by atoms with Crippen molar-refractivity contribution in [1.82, 2.24) is 4.90 Å². The van der Waals surface area contributed by atoms with Crippen molar-refractivity contribution in [1.29, 1.82) is 0 Å². The zero-order valence-corrected chi connectivity index (χ0v) is 12.9. The van der Waals surface area contributed by atoms with E-state index in [4.69, 9.17) is 11.6 Å². The summed E-state index contributed by atoms with van der Waals surface area (Å²) in [6, 6.07) is 5.96. The van der Waals surface area contributed by atoms with Gasteiger partial charge < -0.3 is 5.11 Å². The minimum Gasteiger partial charge on any atom is -0.481 e. The van der Waals surface area contributed by atoms with E-state index in [1.807, 2.05) is 19.1 Å². The first-order chi connectivity index (χ1) is 9.47. The Bertz CT molecular complexity index is 493. The number of halogens is 1. The number of hydrogen-bond donors (Lipinski definition) is 1. The molecule has 1 saturated heterocycles. The second-order valence-electron chi connectivity index (χ2n) is 5.79. The Balaban J connectivity index is 1.99. The highest BCUT2D eigenvalue weighted by atomic mass is 35.5. The summed E-state index contributed by atoms with van der Waals surface area (Å²) in [5, 5.41) is 10.2. The lowest BCUT2D eigenvalue weighted by molar-refractivity contribution is -0.152. The fourth-order valence-electron chi connectivity index (χ4n) is 2.94. The van der Waals surface area contributed by atoms with Crippen LogP contribution >= 0.6 is 11.6 Å². The molecular weight excluding hydrogens is 274 g/mol. The first kappa shape index (κ1) is 15.3. The van der Waals surface area contributed by atoms with Gasteiger partial charge in [-0.15, -0.1) is 0 Å². The lowest BCUT2D eigenvalue weighted by Crippen LogP contribution is -2.43. The van der Waals surface area contributed by atoms with Gasteiger partial charge in [-0.2, -0.15) is 0 Å². The summed E-state index contributed by atoms with van der Waals surface area (Å²) >= 11 is 5.97. The molecule has 1 aromatic carbocycles. The Hall–Kier alpha value is -1.06. The minimum absolute atomic E-state index is 0.508. The summed E-state index contributed by atoms with van der Waals surface area (Å²) in [6.45, 7) is 6.62. The highest BCUT2D eigenvalue weighted by Gasteiger charge is 2.39. The molecule has 1 aliphatic rings. The van der Waals surface area contributed by atoms with Crippen LogP contribution in [0.2, 0.25) is 5.02 Å². The molecule has 0 amide bonds. The van der Waals surface area contributed by atoms with Gasteiger partial charge in [-0.05, 0) is 62.5 Å². The quantitative estimate of drug-likeness (QED) is 0.920. The molecule has 0 radical (unpaired) electrons. The summed E-state index contributed by atoms with van der Waals surface area (Å²) in [5.74, 6) is -0.637. The summed E-state index contributed by atoms with van der Waals surface area (Å²) in [6.07, 6.45) is 2.20. The van der Waals surface area contributed by atoms with E-state index in [9.17, 15) is 9.90 Å². The molecule has 3 nitrogen and oxygen atoms in total. The van der Waals surface area contributed by atoms with Crippen molar-refractivity contribution in [2.45, 2.75) is 39.7 Å². The van der Waals surface area contributed by atoms with E-state index in [1.165, 1.54) is 11.1 Å². The van der Waals surface area contributed by atoms with E-state index in [-0.39, 0.29) is 0 Å². The van der Waals surface area contributed by atoms with Gasteiger partial charge in [0.05, 0.1) is 5.41 Å². The zero-order valence-electron chi connectivity index (χ0n) is 12.2. The number of piperidine rings is 1. The Morgan fingerprint density at radius 1 is 1.40 bits per heavy atom. The second-order valence-corrected chi connectivity index (χ2v) is 6.22. The maximum Gasteiger partial charge on any atom is 0.309 e. The summed E-state index contributed by atoms with van der Waals surface area (Å²) in [7, 11) is 0. The molecule has 0 saturated carbocycles. The Morgan fingerprint density at radius 2 is 2.05 bits per heavy atom. The van der Waals surface area contributed by atoms with E-state index < -0.39 is 11.4 Å². The third kappa shape index (κ3) is 3.15. The molecule has 1 aromatic rings. The van der Waals surface area contributed by atoms with Gasteiger partial charge in [0.1, 0.15) is 0 Å². The van der Waals surface area contributed by atoms with Crippen molar-refractivity contribution >= 4 is 17.6 Å². The monoisotopic (exact) mass is 295 g/mol. The Labute approximate surface area is 125 Å². The normalized spacial score (nSPS) is 18.9. The maximum absolute atomic E-state index is 11.4. The molecule has 2 rings (SSSR count). The van der Waals surface area contributed by atoms with Crippen LogP contribution in [0.1, 0.15) is 37.3 Å². The van der Waals surface area contributed by atoms with Gasteiger partial charge in [0.15, 0.2) is 0 Å². The SMILES string of the molecule is CCC1(C(=O)O)CCN(Cc2ccc(Cl)cc2C)CC1. The van der Waals surface area contributed by atoms with E-state index in [0.29, 0.717) is 0 Å². The molecule has 0 aliphatic carbocycles. The van der Waals surface area contributed by atoms with Crippen LogP contribution in [0.5, 0.6) is 0 Å². The fourth-order valence-corrected chi connectivity index (χ4v) is 3.16. The van der Waals surface area contributed by atoms with Crippen molar-refractivity contribution in [2.24, 2.45) is 5.41 Å². The smallest absolute Gasteiger partial charge is 0.309 e. The summed E-state index contributed by atoms with van der Waals surface area (Å²) in [5.41, 5.74) is 1.96. The van der Waals surface area contributed by atoms with Crippen molar-refractivity contribution in [3.63, 3.8) is 0 Å². The number of carboxylic acids is 1. The molecule has 0 aromatic heterocycles. The van der Waals surface area contributed by atoms with Gasteiger partial charge in [0, 0.05) is 11.6 Å². The molecule has 1 fully saturated rings. The van der Waals surface area contributed by atoms with Crippen LogP contribution in [0, 0.1) is 12.3 Å². The van der Waals surface area contributed by atoms with Gasteiger partial charge >= 0.3 is 5.97 Å². The van der Waals surface area contributed by atoms with Gasteiger partial charge in [-0.25, -0.2) is 0 Å². The maximum atomic E-state index is 11.4. The molecule has 0 bridgehead atoms. The molecule has 0 unspecified atom stereocenters. The number of hydrogen-bond acceptors (Lipinski definition) is 2. The number of benzene rings is 1. The van der Waals surface area contributed by atoms with Gasteiger partial charge in [-0.1, -0.05) is 24.6 Å². The van der Waals surface area contributed by atoms with Crippen molar-refractivity contribution in [3.05, 3.63) is 34.3 Å². The molecule has 20 heavy (non-hydrogen) atoms. The largest absolute Gasteiger partial charge is 0.481 e. The van der Waals surface area contributed by atoms with Crippen molar-refractivity contribution in [3.8, 4) is 0 Å². The summed E-state index contributed by atoms with van der Waals surface area (Å²) < 4.78 is 0. The van der Waals surface area contributed by atoms with Crippen LogP contribution in [-0.4, -0.2) is 29.1 Å². The van der Waals surface area contributed by atoms with Crippen molar-refractivity contribution in [2.75, 3.05) is 13.1 Å². The highest BCUT2D eigenvalue weighted by Crippen LogP contribution is 2.35. The number of nitrogens with zero attached hydrogens (tertiary/aromatic N) is 1. The van der Waals surface area contributed by atoms with E-state index >= 15 is 0 Å². The number of carboxylic acid groups (broad SMARTS) is 1. The summed E-state index contributed by atoms with van der Waals surface area (Å²) in [4.78, 5) is 13.8. The van der Waals surface area contributed by atoms with Crippen LogP contribution in [0.3, 0.4) is 0 Å². The van der Waals surface area contributed by atoms with Gasteiger partial charge in [-0.3, -0.25) is 9.69 Å². The predicted molar refractivity (Wildman–Crippen MR) is 81.1 cm³/mol. The van der Waals surface area contributed by atoms with Crippen LogP contribution in [-0.2, 0) is 11.3 Å². The number of likely N-dealkylation sites (tertiary alicyclic amines) is 1. The first-order valence-corrected chi connectivity index (χ1v) is 7.55. The Kier molecular flexibility index (Phi) is 4.71.